The molecule has 0 heterocycles. The fourth-order valence-electron chi connectivity index (χ4n) is 1.50. The van der Waals surface area contributed by atoms with Crippen LogP contribution in [-0.4, -0.2) is 28.6 Å². The summed E-state index contributed by atoms with van der Waals surface area (Å²) in [7, 11) is 0.0796. The molecule has 5 nitrogen and oxygen atoms in total. The van der Waals surface area contributed by atoms with Crippen molar-refractivity contribution in [3.8, 4) is 5.75 Å². The molecule has 1 aromatic carbocycles. The minimum absolute atomic E-state index is 0.0822. The highest BCUT2D eigenvalue weighted by atomic mass is 32.2. The monoisotopic (exact) mass is 256 g/mol. The van der Waals surface area contributed by atoms with E-state index in [1.807, 2.05) is 19.0 Å². The zero-order chi connectivity index (χ0) is 12.6. The van der Waals surface area contributed by atoms with Gasteiger partial charge in [-0.2, -0.15) is 0 Å². The number of hydrogen-bond donors (Lipinski definition) is 1. The molecule has 0 radical (unpaired) electrons. The molecule has 2 N–H and O–H groups in total. The van der Waals surface area contributed by atoms with Crippen molar-refractivity contribution in [2.75, 3.05) is 19.0 Å². The summed E-state index contributed by atoms with van der Waals surface area (Å²) in [5.41, 5.74) is 0.851. The van der Waals surface area contributed by atoms with Gasteiger partial charge in [-0.25, -0.2) is 13.6 Å². The van der Waals surface area contributed by atoms with Crippen LogP contribution in [0.4, 0.5) is 5.69 Å². The van der Waals surface area contributed by atoms with Crippen molar-refractivity contribution in [1.29, 1.82) is 0 Å². The highest BCUT2D eigenvalue weighted by molar-refractivity contribution is 7.89. The van der Waals surface area contributed by atoms with E-state index in [4.69, 9.17) is 9.88 Å². The Hall–Kier alpha value is -1.27. The van der Waals surface area contributed by atoms with E-state index in [9.17, 15) is 8.42 Å². The average molecular weight is 256 g/mol. The number of benzene rings is 1. The number of sulfonamides is 1. The Balaban J connectivity index is 2.41. The Bertz CT molecular complexity index is 522. The first-order valence-electron chi connectivity index (χ1n) is 5.39. The summed E-state index contributed by atoms with van der Waals surface area (Å²) in [6.07, 6.45) is 2.25. The van der Waals surface area contributed by atoms with E-state index in [2.05, 4.69) is 0 Å². The Morgan fingerprint density at radius 2 is 2.00 bits per heavy atom. The summed E-state index contributed by atoms with van der Waals surface area (Å²) >= 11 is 0. The van der Waals surface area contributed by atoms with Crippen molar-refractivity contribution in [1.82, 2.24) is 0 Å². The van der Waals surface area contributed by atoms with Crippen LogP contribution in [0.5, 0.6) is 5.75 Å². The van der Waals surface area contributed by atoms with Gasteiger partial charge in [-0.05, 0) is 25.0 Å². The molecule has 1 saturated carbocycles. The molecule has 0 aliphatic heterocycles. The molecule has 1 aliphatic carbocycles. The van der Waals surface area contributed by atoms with Gasteiger partial charge in [-0.15, -0.1) is 0 Å². The lowest BCUT2D eigenvalue weighted by Gasteiger charge is -2.18. The maximum Gasteiger partial charge on any atom is 0.238 e. The van der Waals surface area contributed by atoms with Gasteiger partial charge in [0.15, 0.2) is 0 Å². The molecular formula is C11H16N2O3S. The first kappa shape index (κ1) is 12.2. The van der Waals surface area contributed by atoms with E-state index in [1.165, 1.54) is 12.1 Å². The lowest BCUT2D eigenvalue weighted by Crippen LogP contribution is -2.15. The summed E-state index contributed by atoms with van der Waals surface area (Å²) in [5, 5.41) is 5.10. The highest BCUT2D eigenvalue weighted by Gasteiger charge is 2.25. The SMILES string of the molecule is CN(C)c1ccc(S(N)(=O)=O)cc1OC1CC1. The molecule has 0 saturated heterocycles. The summed E-state index contributed by atoms with van der Waals surface area (Å²) in [6, 6.07) is 4.69. The van der Waals surface area contributed by atoms with E-state index < -0.39 is 10.0 Å². The van der Waals surface area contributed by atoms with Crippen LogP contribution in [0.1, 0.15) is 12.8 Å². The predicted octanol–water partition coefficient (Wildman–Crippen LogP) is 0.941. The first-order valence-corrected chi connectivity index (χ1v) is 6.93. The fourth-order valence-corrected chi connectivity index (χ4v) is 2.03. The van der Waals surface area contributed by atoms with Gasteiger partial charge in [0, 0.05) is 20.2 Å². The van der Waals surface area contributed by atoms with Crippen LogP contribution >= 0.6 is 0 Å². The molecule has 0 bridgehead atoms. The van der Waals surface area contributed by atoms with Crippen molar-refractivity contribution >= 4 is 15.7 Å². The number of nitrogens with zero attached hydrogens (tertiary/aromatic N) is 1. The van der Waals surface area contributed by atoms with Crippen molar-refractivity contribution < 1.29 is 13.2 Å². The molecule has 6 heteroatoms. The van der Waals surface area contributed by atoms with Gasteiger partial charge in [-0.3, -0.25) is 0 Å². The van der Waals surface area contributed by atoms with E-state index in [-0.39, 0.29) is 11.0 Å². The first-order chi connectivity index (χ1) is 7.88. The molecule has 17 heavy (non-hydrogen) atoms. The van der Waals surface area contributed by atoms with Crippen molar-refractivity contribution in [2.24, 2.45) is 5.14 Å². The maximum atomic E-state index is 11.3. The maximum absolute atomic E-state index is 11.3. The number of ether oxygens (including phenoxy) is 1. The third-order valence-corrected chi connectivity index (χ3v) is 3.47. The van der Waals surface area contributed by atoms with E-state index >= 15 is 0 Å². The second-order valence-corrected chi connectivity index (χ2v) is 5.95. The molecule has 0 unspecified atom stereocenters. The van der Waals surface area contributed by atoms with E-state index in [0.29, 0.717) is 5.75 Å². The summed E-state index contributed by atoms with van der Waals surface area (Å²) in [5.74, 6) is 0.573. The minimum atomic E-state index is -3.68. The van der Waals surface area contributed by atoms with Gasteiger partial charge < -0.3 is 9.64 Å². The highest BCUT2D eigenvalue weighted by Crippen LogP contribution is 2.34. The van der Waals surface area contributed by atoms with Gasteiger partial charge in [0.1, 0.15) is 5.75 Å². The minimum Gasteiger partial charge on any atom is -0.488 e. The Labute approximate surface area is 101 Å². The van der Waals surface area contributed by atoms with Gasteiger partial charge in [0.2, 0.25) is 10.0 Å². The number of rotatable bonds is 4. The van der Waals surface area contributed by atoms with Crippen LogP contribution in [0.25, 0.3) is 0 Å². The normalized spacial score (nSPS) is 15.7. The van der Waals surface area contributed by atoms with E-state index in [1.54, 1.807) is 6.07 Å². The predicted molar refractivity (Wildman–Crippen MR) is 65.8 cm³/mol. The van der Waals surface area contributed by atoms with Crippen LogP contribution < -0.4 is 14.8 Å². The lowest BCUT2D eigenvalue weighted by molar-refractivity contribution is 0.303. The smallest absolute Gasteiger partial charge is 0.238 e. The van der Waals surface area contributed by atoms with Crippen LogP contribution in [0.3, 0.4) is 0 Å². The number of hydrogen-bond acceptors (Lipinski definition) is 4. The van der Waals surface area contributed by atoms with Crippen molar-refractivity contribution in [3.05, 3.63) is 18.2 Å². The standard InChI is InChI=1S/C11H16N2O3S/c1-13(2)10-6-5-9(17(12,14)15)7-11(10)16-8-3-4-8/h5-8H,3-4H2,1-2H3,(H2,12,14,15). The third kappa shape index (κ3) is 2.89. The Kier molecular flexibility index (Phi) is 3.01. The molecule has 0 aromatic heterocycles. The summed E-state index contributed by atoms with van der Waals surface area (Å²) < 4.78 is 28.2. The molecule has 0 atom stereocenters. The third-order valence-electron chi connectivity index (χ3n) is 2.56. The van der Waals surface area contributed by atoms with Crippen LogP contribution in [0.2, 0.25) is 0 Å². The number of primary sulfonamides is 1. The number of anilines is 1. The zero-order valence-electron chi connectivity index (χ0n) is 9.88. The van der Waals surface area contributed by atoms with Crippen molar-refractivity contribution in [2.45, 2.75) is 23.8 Å². The molecule has 1 aromatic rings. The van der Waals surface area contributed by atoms with Gasteiger partial charge in [-0.1, -0.05) is 0 Å². The zero-order valence-corrected chi connectivity index (χ0v) is 10.7. The lowest BCUT2D eigenvalue weighted by atomic mass is 10.3. The number of nitrogens with two attached hydrogens (primary N) is 1. The molecule has 0 spiro atoms. The topological polar surface area (TPSA) is 72.6 Å². The van der Waals surface area contributed by atoms with E-state index in [0.717, 1.165) is 18.5 Å². The fraction of sp³-hybridized carbons (Fsp3) is 0.455. The average Bonchev–Trinajstić information content (AvgIpc) is 2.99. The molecular weight excluding hydrogens is 240 g/mol. The van der Waals surface area contributed by atoms with Crippen LogP contribution in [0, 0.1) is 0 Å². The van der Waals surface area contributed by atoms with Crippen LogP contribution in [-0.2, 0) is 10.0 Å². The van der Waals surface area contributed by atoms with Crippen LogP contribution in [0.15, 0.2) is 23.1 Å². The van der Waals surface area contributed by atoms with Gasteiger partial charge in [0.05, 0.1) is 16.7 Å². The van der Waals surface area contributed by atoms with Crippen molar-refractivity contribution in [3.63, 3.8) is 0 Å². The molecule has 1 aliphatic rings. The Morgan fingerprint density at radius 1 is 1.35 bits per heavy atom. The van der Waals surface area contributed by atoms with Gasteiger partial charge in [0.25, 0.3) is 0 Å². The molecule has 2 rings (SSSR count). The summed E-state index contributed by atoms with van der Waals surface area (Å²) in [6.45, 7) is 0. The molecule has 1 fully saturated rings. The van der Waals surface area contributed by atoms with Gasteiger partial charge >= 0.3 is 0 Å². The second-order valence-electron chi connectivity index (χ2n) is 4.39. The largest absolute Gasteiger partial charge is 0.488 e. The summed E-state index contributed by atoms with van der Waals surface area (Å²) in [4.78, 5) is 1.96. The molecule has 94 valence electrons. The molecule has 0 amide bonds. The second kappa shape index (κ2) is 4.19. The quantitative estimate of drug-likeness (QED) is 0.870. The Morgan fingerprint density at radius 3 is 2.47 bits per heavy atom.